The van der Waals surface area contributed by atoms with Crippen molar-refractivity contribution >= 4 is 0 Å². The van der Waals surface area contributed by atoms with E-state index in [1.54, 1.807) is 0 Å². The molecule has 30 heavy (non-hydrogen) atoms. The predicted octanol–water partition coefficient (Wildman–Crippen LogP) is 5.47. The van der Waals surface area contributed by atoms with Gasteiger partial charge in [0.25, 0.3) is 5.56 Å². The van der Waals surface area contributed by atoms with Crippen LogP contribution in [0.2, 0.25) is 0 Å². The molecule has 0 aliphatic carbocycles. The maximum absolute atomic E-state index is 12.3. The van der Waals surface area contributed by atoms with E-state index < -0.39 is 0 Å². The van der Waals surface area contributed by atoms with Crippen LogP contribution in [0.3, 0.4) is 0 Å². The molecule has 0 aliphatic heterocycles. The zero-order chi connectivity index (χ0) is 20.9. The number of rotatable bonds is 5. The molecule has 0 fully saturated rings. The van der Waals surface area contributed by atoms with Gasteiger partial charge in [0.2, 0.25) is 0 Å². The summed E-state index contributed by atoms with van der Waals surface area (Å²) in [5.41, 5.74) is 4.91. The van der Waals surface area contributed by atoms with E-state index in [0.717, 1.165) is 28.0 Å². The lowest BCUT2D eigenvalue weighted by Crippen LogP contribution is -2.12. The molecule has 3 aromatic carbocycles. The van der Waals surface area contributed by atoms with Gasteiger partial charge in [-0.15, -0.1) is 0 Å². The number of nitrogens with zero attached hydrogens (tertiary/aromatic N) is 1. The quantitative estimate of drug-likeness (QED) is 0.490. The number of aromatic nitrogens is 1. The number of H-pyrrole nitrogens is 1. The molecule has 146 valence electrons. The SMILES string of the molecule is Cc1cc(-c2ccccc2-c2cccc(OCc3ccccc3)c2)c(C#N)c(=O)[nH]1. The van der Waals surface area contributed by atoms with Gasteiger partial charge in [-0.25, -0.2) is 0 Å². The Morgan fingerprint density at radius 2 is 1.60 bits per heavy atom. The molecule has 4 heteroatoms. The molecule has 0 saturated heterocycles. The summed E-state index contributed by atoms with van der Waals surface area (Å²) >= 11 is 0. The number of nitriles is 1. The van der Waals surface area contributed by atoms with Crippen molar-refractivity contribution in [1.29, 1.82) is 5.26 Å². The van der Waals surface area contributed by atoms with Crippen molar-refractivity contribution in [2.45, 2.75) is 13.5 Å². The smallest absolute Gasteiger partial charge is 0.266 e. The molecule has 1 N–H and O–H groups in total. The maximum Gasteiger partial charge on any atom is 0.266 e. The Morgan fingerprint density at radius 3 is 2.37 bits per heavy atom. The molecule has 0 radical (unpaired) electrons. The Hall–Kier alpha value is -4.10. The molecule has 0 saturated carbocycles. The van der Waals surface area contributed by atoms with Gasteiger partial charge in [-0.3, -0.25) is 4.79 Å². The molecule has 4 nitrogen and oxygen atoms in total. The first-order valence-electron chi connectivity index (χ1n) is 9.66. The standard InChI is InChI=1S/C26H20N2O2/c1-18-14-24(25(16-27)26(29)28-18)23-13-6-5-12-22(23)20-10-7-11-21(15-20)30-17-19-8-3-2-4-9-19/h2-15H,17H2,1H3,(H,28,29). The predicted molar refractivity (Wildman–Crippen MR) is 118 cm³/mol. The Morgan fingerprint density at radius 1 is 0.867 bits per heavy atom. The number of hydrogen-bond donors (Lipinski definition) is 1. The molecular formula is C26H20N2O2. The number of hydrogen-bond acceptors (Lipinski definition) is 3. The maximum atomic E-state index is 12.3. The van der Waals surface area contributed by atoms with E-state index in [-0.39, 0.29) is 11.1 Å². The molecule has 0 unspecified atom stereocenters. The summed E-state index contributed by atoms with van der Waals surface area (Å²) in [5, 5.41) is 9.55. The first-order valence-corrected chi connectivity index (χ1v) is 9.66. The lowest BCUT2D eigenvalue weighted by Gasteiger charge is -2.13. The zero-order valence-electron chi connectivity index (χ0n) is 16.6. The molecule has 1 heterocycles. The second kappa shape index (κ2) is 8.50. The van der Waals surface area contributed by atoms with E-state index in [9.17, 15) is 10.1 Å². The highest BCUT2D eigenvalue weighted by Crippen LogP contribution is 2.34. The molecule has 0 amide bonds. The van der Waals surface area contributed by atoms with E-state index in [1.807, 2.05) is 97.9 Å². The first-order chi connectivity index (χ1) is 14.7. The van der Waals surface area contributed by atoms with Gasteiger partial charge in [0.15, 0.2) is 0 Å². The van der Waals surface area contributed by atoms with Crippen LogP contribution in [0.25, 0.3) is 22.3 Å². The summed E-state index contributed by atoms with van der Waals surface area (Å²) < 4.78 is 5.98. The summed E-state index contributed by atoms with van der Waals surface area (Å²) in [6, 6.07) is 29.5. The van der Waals surface area contributed by atoms with E-state index in [1.165, 1.54) is 0 Å². The third-order valence-corrected chi connectivity index (χ3v) is 4.89. The van der Waals surface area contributed by atoms with Crippen molar-refractivity contribution in [3.8, 4) is 34.1 Å². The van der Waals surface area contributed by atoms with Gasteiger partial charge in [0, 0.05) is 11.3 Å². The Kier molecular flexibility index (Phi) is 5.45. The third-order valence-electron chi connectivity index (χ3n) is 4.89. The molecule has 1 aromatic heterocycles. The van der Waals surface area contributed by atoms with E-state index in [0.29, 0.717) is 17.9 Å². The van der Waals surface area contributed by atoms with E-state index >= 15 is 0 Å². The van der Waals surface area contributed by atoms with Crippen LogP contribution in [0, 0.1) is 18.3 Å². The normalized spacial score (nSPS) is 10.4. The van der Waals surface area contributed by atoms with Crippen molar-refractivity contribution in [1.82, 2.24) is 4.98 Å². The Bertz CT molecular complexity index is 1280. The summed E-state index contributed by atoms with van der Waals surface area (Å²) in [7, 11) is 0. The van der Waals surface area contributed by atoms with Crippen molar-refractivity contribution in [3.63, 3.8) is 0 Å². The van der Waals surface area contributed by atoms with Crippen LogP contribution in [0.5, 0.6) is 5.75 Å². The number of benzene rings is 3. The monoisotopic (exact) mass is 392 g/mol. The Labute approximate surface area is 175 Å². The highest BCUT2D eigenvalue weighted by atomic mass is 16.5. The summed E-state index contributed by atoms with van der Waals surface area (Å²) in [4.78, 5) is 15.0. The topological polar surface area (TPSA) is 65.9 Å². The molecule has 0 atom stereocenters. The molecule has 0 bridgehead atoms. The second-order valence-electron chi connectivity index (χ2n) is 7.03. The summed E-state index contributed by atoms with van der Waals surface area (Å²) in [6.07, 6.45) is 0. The largest absolute Gasteiger partial charge is 0.489 e. The molecule has 4 rings (SSSR count). The lowest BCUT2D eigenvalue weighted by atomic mass is 9.92. The van der Waals surface area contributed by atoms with Crippen molar-refractivity contribution in [2.75, 3.05) is 0 Å². The van der Waals surface area contributed by atoms with E-state index in [4.69, 9.17) is 4.74 Å². The minimum Gasteiger partial charge on any atom is -0.489 e. The fourth-order valence-electron chi connectivity index (χ4n) is 3.48. The van der Waals surface area contributed by atoms with Crippen LogP contribution < -0.4 is 10.3 Å². The summed E-state index contributed by atoms with van der Waals surface area (Å²) in [5.74, 6) is 0.758. The third kappa shape index (κ3) is 4.01. The molecule has 4 aromatic rings. The number of aromatic amines is 1. The van der Waals surface area contributed by atoms with Crippen LogP contribution in [-0.2, 0) is 6.61 Å². The fourth-order valence-corrected chi connectivity index (χ4v) is 3.48. The fraction of sp³-hybridized carbons (Fsp3) is 0.0769. The Balaban J connectivity index is 1.74. The van der Waals surface area contributed by atoms with Crippen LogP contribution in [0.15, 0.2) is 89.7 Å². The molecular weight excluding hydrogens is 372 g/mol. The minimum absolute atomic E-state index is 0.115. The van der Waals surface area contributed by atoms with Crippen LogP contribution in [0.4, 0.5) is 0 Å². The highest BCUT2D eigenvalue weighted by Gasteiger charge is 2.14. The van der Waals surface area contributed by atoms with Crippen LogP contribution >= 0.6 is 0 Å². The van der Waals surface area contributed by atoms with Gasteiger partial charge in [-0.1, -0.05) is 66.7 Å². The summed E-state index contributed by atoms with van der Waals surface area (Å²) in [6.45, 7) is 2.30. The van der Waals surface area contributed by atoms with Crippen molar-refractivity contribution in [3.05, 3.63) is 112 Å². The number of nitrogens with one attached hydrogen (secondary N) is 1. The molecule has 0 spiro atoms. The van der Waals surface area contributed by atoms with Crippen molar-refractivity contribution in [2.24, 2.45) is 0 Å². The van der Waals surface area contributed by atoms with Gasteiger partial charge in [-0.05, 0) is 47.4 Å². The first kappa shape index (κ1) is 19.2. The van der Waals surface area contributed by atoms with Gasteiger partial charge in [0.1, 0.15) is 24.0 Å². The molecule has 0 aliphatic rings. The number of pyridine rings is 1. The number of aryl methyl sites for hydroxylation is 1. The van der Waals surface area contributed by atoms with Gasteiger partial charge in [0.05, 0.1) is 0 Å². The highest BCUT2D eigenvalue weighted by molar-refractivity contribution is 5.86. The van der Waals surface area contributed by atoms with Crippen molar-refractivity contribution < 1.29 is 4.74 Å². The van der Waals surface area contributed by atoms with Gasteiger partial charge < -0.3 is 9.72 Å². The van der Waals surface area contributed by atoms with Gasteiger partial charge >= 0.3 is 0 Å². The van der Waals surface area contributed by atoms with Gasteiger partial charge in [-0.2, -0.15) is 5.26 Å². The average molecular weight is 392 g/mol. The number of ether oxygens (including phenoxy) is 1. The van der Waals surface area contributed by atoms with Crippen LogP contribution in [-0.4, -0.2) is 4.98 Å². The average Bonchev–Trinajstić information content (AvgIpc) is 2.78. The zero-order valence-corrected chi connectivity index (χ0v) is 16.6. The van der Waals surface area contributed by atoms with E-state index in [2.05, 4.69) is 4.98 Å². The second-order valence-corrected chi connectivity index (χ2v) is 7.03. The van der Waals surface area contributed by atoms with Crippen LogP contribution in [0.1, 0.15) is 16.8 Å². The minimum atomic E-state index is -0.373. The lowest BCUT2D eigenvalue weighted by molar-refractivity contribution is 0.306.